The van der Waals surface area contributed by atoms with E-state index in [4.69, 9.17) is 9.47 Å². The summed E-state index contributed by atoms with van der Waals surface area (Å²) in [6.45, 7) is 2.58. The van der Waals surface area contributed by atoms with E-state index in [0.717, 1.165) is 17.2 Å². The zero-order chi connectivity index (χ0) is 15.1. The van der Waals surface area contributed by atoms with Gasteiger partial charge in [0, 0.05) is 0 Å². The van der Waals surface area contributed by atoms with Crippen molar-refractivity contribution in [2.24, 2.45) is 0 Å². The molecule has 0 atom stereocenters. The molecule has 1 aromatic heterocycles. The van der Waals surface area contributed by atoms with Crippen LogP contribution in [0.2, 0.25) is 0 Å². The SMILES string of the molecule is COc1ccc(OCCNC(=O)c2ccc(C)nn2)cc1. The number of amides is 1. The van der Waals surface area contributed by atoms with Gasteiger partial charge in [0.25, 0.3) is 5.91 Å². The molecular formula is C15H17N3O3. The molecule has 21 heavy (non-hydrogen) atoms. The Balaban J connectivity index is 1.73. The molecule has 0 bridgehead atoms. The third-order valence-corrected chi connectivity index (χ3v) is 2.75. The molecule has 1 aromatic carbocycles. The molecule has 0 saturated heterocycles. The predicted octanol–water partition coefficient (Wildman–Crippen LogP) is 1.60. The lowest BCUT2D eigenvalue weighted by molar-refractivity contribution is 0.0941. The number of aromatic nitrogens is 2. The molecule has 6 heteroatoms. The van der Waals surface area contributed by atoms with Crippen LogP contribution in [-0.2, 0) is 0 Å². The highest BCUT2D eigenvalue weighted by molar-refractivity contribution is 5.91. The highest BCUT2D eigenvalue weighted by Gasteiger charge is 2.06. The minimum absolute atomic E-state index is 0.263. The van der Waals surface area contributed by atoms with Gasteiger partial charge in [-0.1, -0.05) is 0 Å². The number of hydrogen-bond acceptors (Lipinski definition) is 5. The molecule has 6 nitrogen and oxygen atoms in total. The van der Waals surface area contributed by atoms with Gasteiger partial charge in [0.1, 0.15) is 18.1 Å². The molecule has 1 amide bonds. The number of rotatable bonds is 6. The van der Waals surface area contributed by atoms with Crippen molar-refractivity contribution in [1.29, 1.82) is 0 Å². The van der Waals surface area contributed by atoms with E-state index in [0.29, 0.717) is 18.8 Å². The largest absolute Gasteiger partial charge is 0.497 e. The van der Waals surface area contributed by atoms with Crippen molar-refractivity contribution in [2.75, 3.05) is 20.3 Å². The lowest BCUT2D eigenvalue weighted by Crippen LogP contribution is -2.29. The smallest absolute Gasteiger partial charge is 0.271 e. The molecule has 1 N–H and O–H groups in total. The van der Waals surface area contributed by atoms with Crippen molar-refractivity contribution in [1.82, 2.24) is 15.5 Å². The standard InChI is InChI=1S/C15H17N3O3/c1-11-3-8-14(18-17-11)15(19)16-9-10-21-13-6-4-12(20-2)5-7-13/h3-8H,9-10H2,1-2H3,(H,16,19). The maximum atomic E-state index is 11.8. The second-order valence-corrected chi connectivity index (χ2v) is 4.34. The molecule has 0 saturated carbocycles. The van der Waals surface area contributed by atoms with E-state index < -0.39 is 0 Å². The number of aryl methyl sites for hydroxylation is 1. The first kappa shape index (κ1) is 14.8. The fraction of sp³-hybridized carbons (Fsp3) is 0.267. The van der Waals surface area contributed by atoms with Crippen LogP contribution >= 0.6 is 0 Å². The number of nitrogens with zero attached hydrogens (tertiary/aromatic N) is 2. The Morgan fingerprint density at radius 1 is 1.10 bits per heavy atom. The van der Waals surface area contributed by atoms with Gasteiger partial charge in [-0.15, -0.1) is 5.10 Å². The number of methoxy groups -OCH3 is 1. The maximum absolute atomic E-state index is 11.8. The number of benzene rings is 1. The molecule has 0 fully saturated rings. The average molecular weight is 287 g/mol. The molecule has 0 spiro atoms. The first-order chi connectivity index (χ1) is 10.2. The van der Waals surface area contributed by atoms with Crippen LogP contribution in [0.5, 0.6) is 11.5 Å². The van der Waals surface area contributed by atoms with E-state index in [1.54, 1.807) is 19.2 Å². The van der Waals surface area contributed by atoms with Gasteiger partial charge < -0.3 is 14.8 Å². The predicted molar refractivity (Wildman–Crippen MR) is 77.6 cm³/mol. The minimum Gasteiger partial charge on any atom is -0.497 e. The Morgan fingerprint density at radius 2 is 1.81 bits per heavy atom. The summed E-state index contributed by atoms with van der Waals surface area (Å²) in [5.41, 5.74) is 1.07. The molecular weight excluding hydrogens is 270 g/mol. The third-order valence-electron chi connectivity index (χ3n) is 2.75. The van der Waals surface area contributed by atoms with E-state index >= 15 is 0 Å². The number of ether oxygens (including phenoxy) is 2. The highest BCUT2D eigenvalue weighted by atomic mass is 16.5. The van der Waals surface area contributed by atoms with Crippen LogP contribution < -0.4 is 14.8 Å². The first-order valence-electron chi connectivity index (χ1n) is 6.54. The number of carbonyl (C=O) groups is 1. The van der Waals surface area contributed by atoms with Gasteiger partial charge >= 0.3 is 0 Å². The Kier molecular flexibility index (Phi) is 5.09. The van der Waals surface area contributed by atoms with Gasteiger partial charge in [-0.3, -0.25) is 4.79 Å². The summed E-state index contributed by atoms with van der Waals surface area (Å²) in [7, 11) is 1.61. The zero-order valence-corrected chi connectivity index (χ0v) is 12.0. The Bertz CT molecular complexity index is 582. The van der Waals surface area contributed by atoms with Gasteiger partial charge in [0.05, 0.1) is 19.3 Å². The van der Waals surface area contributed by atoms with E-state index in [-0.39, 0.29) is 5.91 Å². The van der Waals surface area contributed by atoms with Crippen molar-refractivity contribution in [3.8, 4) is 11.5 Å². The molecule has 0 aliphatic rings. The molecule has 0 aliphatic carbocycles. The molecule has 2 aromatic rings. The third kappa shape index (κ3) is 4.45. The fourth-order valence-corrected chi connectivity index (χ4v) is 1.62. The summed E-state index contributed by atoms with van der Waals surface area (Å²) in [6.07, 6.45) is 0. The minimum atomic E-state index is -0.263. The van der Waals surface area contributed by atoms with Gasteiger partial charge in [-0.2, -0.15) is 5.10 Å². The number of carbonyl (C=O) groups excluding carboxylic acids is 1. The maximum Gasteiger partial charge on any atom is 0.271 e. The van der Waals surface area contributed by atoms with Crippen LogP contribution in [0.1, 0.15) is 16.2 Å². The molecule has 110 valence electrons. The summed E-state index contributed by atoms with van der Waals surface area (Å²) < 4.78 is 10.6. The highest BCUT2D eigenvalue weighted by Crippen LogP contribution is 2.16. The molecule has 0 unspecified atom stereocenters. The van der Waals surface area contributed by atoms with Crippen LogP contribution in [0.4, 0.5) is 0 Å². The van der Waals surface area contributed by atoms with Gasteiger partial charge in [0.2, 0.25) is 0 Å². The van der Waals surface area contributed by atoms with E-state index in [2.05, 4.69) is 15.5 Å². The molecule has 2 rings (SSSR count). The summed E-state index contributed by atoms with van der Waals surface area (Å²) in [6, 6.07) is 10.6. The van der Waals surface area contributed by atoms with Crippen molar-refractivity contribution in [2.45, 2.75) is 6.92 Å². The lowest BCUT2D eigenvalue weighted by Gasteiger charge is -2.08. The van der Waals surface area contributed by atoms with Gasteiger partial charge in [-0.05, 0) is 43.3 Å². The zero-order valence-electron chi connectivity index (χ0n) is 12.0. The van der Waals surface area contributed by atoms with Crippen LogP contribution in [0, 0.1) is 6.92 Å². The van der Waals surface area contributed by atoms with Crippen molar-refractivity contribution in [3.05, 3.63) is 47.8 Å². The Morgan fingerprint density at radius 3 is 2.43 bits per heavy atom. The first-order valence-corrected chi connectivity index (χ1v) is 6.54. The second-order valence-electron chi connectivity index (χ2n) is 4.34. The van der Waals surface area contributed by atoms with Crippen LogP contribution in [0.15, 0.2) is 36.4 Å². The summed E-state index contributed by atoms with van der Waals surface area (Å²) >= 11 is 0. The summed E-state index contributed by atoms with van der Waals surface area (Å²) in [5.74, 6) is 1.23. The van der Waals surface area contributed by atoms with Gasteiger partial charge in [-0.25, -0.2) is 0 Å². The van der Waals surface area contributed by atoms with Crippen molar-refractivity contribution in [3.63, 3.8) is 0 Å². The molecule has 0 aliphatic heterocycles. The number of hydrogen-bond donors (Lipinski definition) is 1. The summed E-state index contributed by atoms with van der Waals surface area (Å²) in [5, 5.41) is 10.4. The van der Waals surface area contributed by atoms with E-state index in [1.807, 2.05) is 31.2 Å². The monoisotopic (exact) mass is 287 g/mol. The van der Waals surface area contributed by atoms with Crippen LogP contribution in [0.3, 0.4) is 0 Å². The topological polar surface area (TPSA) is 73.3 Å². The summed E-state index contributed by atoms with van der Waals surface area (Å²) in [4.78, 5) is 11.8. The Hall–Kier alpha value is -2.63. The van der Waals surface area contributed by atoms with Crippen LogP contribution in [0.25, 0.3) is 0 Å². The molecule has 0 radical (unpaired) electrons. The second kappa shape index (κ2) is 7.23. The quantitative estimate of drug-likeness (QED) is 0.817. The van der Waals surface area contributed by atoms with Crippen molar-refractivity contribution >= 4 is 5.91 Å². The van der Waals surface area contributed by atoms with Crippen molar-refractivity contribution < 1.29 is 14.3 Å². The van der Waals surface area contributed by atoms with E-state index in [9.17, 15) is 4.79 Å². The number of nitrogens with one attached hydrogen (secondary N) is 1. The Labute approximate surface area is 123 Å². The average Bonchev–Trinajstić information content (AvgIpc) is 2.52. The van der Waals surface area contributed by atoms with Crippen LogP contribution in [-0.4, -0.2) is 36.4 Å². The lowest BCUT2D eigenvalue weighted by atomic mass is 10.3. The fourth-order valence-electron chi connectivity index (χ4n) is 1.62. The normalized spacial score (nSPS) is 10.0. The van der Waals surface area contributed by atoms with Gasteiger partial charge in [0.15, 0.2) is 5.69 Å². The molecule has 1 heterocycles. The van der Waals surface area contributed by atoms with E-state index in [1.165, 1.54) is 0 Å².